The lowest BCUT2D eigenvalue weighted by Gasteiger charge is -2.22. The summed E-state index contributed by atoms with van der Waals surface area (Å²) in [5.74, 6) is 0.806. The van der Waals surface area contributed by atoms with Gasteiger partial charge in [0, 0.05) is 13.1 Å². The second-order valence-electron chi connectivity index (χ2n) is 4.73. The van der Waals surface area contributed by atoms with Crippen LogP contribution in [0.3, 0.4) is 0 Å². The summed E-state index contributed by atoms with van der Waals surface area (Å²) in [6.07, 6.45) is 4.04. The van der Waals surface area contributed by atoms with E-state index in [1.165, 1.54) is 4.80 Å². The predicted octanol–water partition coefficient (Wildman–Crippen LogP) is 1.73. The molecule has 0 saturated heterocycles. The Labute approximate surface area is 124 Å². The van der Waals surface area contributed by atoms with Crippen LogP contribution in [0, 0.1) is 0 Å². The molecule has 2 aromatic rings. The van der Waals surface area contributed by atoms with E-state index in [4.69, 9.17) is 4.74 Å². The van der Waals surface area contributed by atoms with E-state index in [1.807, 2.05) is 29.2 Å². The van der Waals surface area contributed by atoms with Crippen molar-refractivity contribution in [1.82, 2.24) is 19.9 Å². The first-order chi connectivity index (χ1) is 10.2. The quantitative estimate of drug-likeness (QED) is 0.778. The zero-order valence-electron chi connectivity index (χ0n) is 12.4. The first-order valence-electron chi connectivity index (χ1n) is 6.97. The van der Waals surface area contributed by atoms with Gasteiger partial charge in [0.05, 0.1) is 19.5 Å². The third-order valence-corrected chi connectivity index (χ3v) is 3.10. The smallest absolute Gasteiger partial charge is 0.246 e. The lowest BCUT2D eigenvalue weighted by Crippen LogP contribution is -2.34. The molecule has 1 aromatic carbocycles. The predicted molar refractivity (Wildman–Crippen MR) is 78.7 cm³/mol. The minimum Gasteiger partial charge on any atom is -0.497 e. The molecule has 1 aromatic heterocycles. The van der Waals surface area contributed by atoms with Gasteiger partial charge < -0.3 is 9.64 Å². The van der Waals surface area contributed by atoms with E-state index in [0.717, 1.165) is 17.7 Å². The van der Waals surface area contributed by atoms with Crippen LogP contribution in [-0.4, -0.2) is 39.5 Å². The van der Waals surface area contributed by atoms with Crippen LogP contribution in [0.15, 0.2) is 36.7 Å². The number of hydrogen-bond donors (Lipinski definition) is 0. The van der Waals surface area contributed by atoms with Crippen molar-refractivity contribution in [2.24, 2.45) is 0 Å². The zero-order chi connectivity index (χ0) is 15.1. The monoisotopic (exact) mass is 288 g/mol. The highest BCUT2D eigenvalue weighted by molar-refractivity contribution is 5.75. The SMILES string of the molecule is CCCN(Cc1cccc(OC)c1)C(=O)Cn1nccn1. The summed E-state index contributed by atoms with van der Waals surface area (Å²) < 4.78 is 5.21. The van der Waals surface area contributed by atoms with E-state index in [2.05, 4.69) is 17.1 Å². The fraction of sp³-hybridized carbons (Fsp3) is 0.400. The van der Waals surface area contributed by atoms with Crippen molar-refractivity contribution in [2.45, 2.75) is 26.4 Å². The van der Waals surface area contributed by atoms with E-state index < -0.39 is 0 Å². The van der Waals surface area contributed by atoms with Crippen molar-refractivity contribution in [1.29, 1.82) is 0 Å². The molecule has 0 radical (unpaired) electrons. The first kappa shape index (κ1) is 15.0. The fourth-order valence-corrected chi connectivity index (χ4v) is 2.10. The fourth-order valence-electron chi connectivity index (χ4n) is 2.10. The Balaban J connectivity index is 2.05. The van der Waals surface area contributed by atoms with E-state index in [0.29, 0.717) is 13.1 Å². The van der Waals surface area contributed by atoms with Crippen molar-refractivity contribution in [3.63, 3.8) is 0 Å². The molecule has 0 fully saturated rings. The molecule has 1 amide bonds. The summed E-state index contributed by atoms with van der Waals surface area (Å²) in [6.45, 7) is 3.48. The van der Waals surface area contributed by atoms with Crippen LogP contribution in [0.25, 0.3) is 0 Å². The number of ether oxygens (including phenoxy) is 1. The third kappa shape index (κ3) is 4.30. The summed E-state index contributed by atoms with van der Waals surface area (Å²) in [6, 6.07) is 7.76. The van der Waals surface area contributed by atoms with Gasteiger partial charge in [0.25, 0.3) is 0 Å². The molecular weight excluding hydrogens is 268 g/mol. The number of rotatable bonds is 7. The summed E-state index contributed by atoms with van der Waals surface area (Å²) >= 11 is 0. The third-order valence-electron chi connectivity index (χ3n) is 3.10. The van der Waals surface area contributed by atoms with Gasteiger partial charge in [-0.15, -0.1) is 0 Å². The largest absolute Gasteiger partial charge is 0.497 e. The highest BCUT2D eigenvalue weighted by Crippen LogP contribution is 2.14. The molecule has 1 heterocycles. The molecule has 2 rings (SSSR count). The maximum Gasteiger partial charge on any atom is 0.246 e. The molecule has 6 heteroatoms. The minimum absolute atomic E-state index is 0.0101. The number of methoxy groups -OCH3 is 1. The number of aromatic nitrogens is 3. The Morgan fingerprint density at radius 2 is 2.10 bits per heavy atom. The molecule has 0 N–H and O–H groups in total. The normalized spacial score (nSPS) is 10.4. The lowest BCUT2D eigenvalue weighted by atomic mass is 10.2. The summed E-state index contributed by atoms with van der Waals surface area (Å²) in [4.78, 5) is 15.6. The van der Waals surface area contributed by atoms with Gasteiger partial charge in [-0.2, -0.15) is 15.0 Å². The van der Waals surface area contributed by atoms with Crippen molar-refractivity contribution >= 4 is 5.91 Å². The summed E-state index contributed by atoms with van der Waals surface area (Å²) in [5, 5.41) is 7.94. The molecule has 0 aliphatic heterocycles. The van der Waals surface area contributed by atoms with Gasteiger partial charge in [0.15, 0.2) is 0 Å². The minimum atomic E-state index is 0.0101. The topological polar surface area (TPSA) is 60.2 Å². The Hall–Kier alpha value is -2.37. The van der Waals surface area contributed by atoms with Gasteiger partial charge in [-0.05, 0) is 24.1 Å². The summed E-state index contributed by atoms with van der Waals surface area (Å²) in [7, 11) is 1.64. The molecule has 0 bridgehead atoms. The van der Waals surface area contributed by atoms with Gasteiger partial charge in [0.1, 0.15) is 12.3 Å². The number of nitrogens with zero attached hydrogens (tertiary/aromatic N) is 4. The van der Waals surface area contributed by atoms with Gasteiger partial charge >= 0.3 is 0 Å². The molecule has 0 spiro atoms. The number of benzene rings is 1. The lowest BCUT2D eigenvalue weighted by molar-refractivity contribution is -0.133. The van der Waals surface area contributed by atoms with Crippen LogP contribution >= 0.6 is 0 Å². The van der Waals surface area contributed by atoms with Crippen LogP contribution in [0.5, 0.6) is 5.75 Å². The number of carbonyl (C=O) groups is 1. The van der Waals surface area contributed by atoms with Crippen LogP contribution < -0.4 is 4.74 Å². The van der Waals surface area contributed by atoms with Gasteiger partial charge in [0.2, 0.25) is 5.91 Å². The molecular formula is C15H20N4O2. The van der Waals surface area contributed by atoms with Crippen LogP contribution in [0.4, 0.5) is 0 Å². The second-order valence-corrected chi connectivity index (χ2v) is 4.73. The van der Waals surface area contributed by atoms with Crippen molar-refractivity contribution in [2.75, 3.05) is 13.7 Å². The van der Waals surface area contributed by atoms with Gasteiger partial charge in [-0.25, -0.2) is 0 Å². The number of carbonyl (C=O) groups excluding carboxylic acids is 1. The number of hydrogen-bond acceptors (Lipinski definition) is 4. The van der Waals surface area contributed by atoms with Crippen LogP contribution in [-0.2, 0) is 17.9 Å². The molecule has 0 saturated carbocycles. The number of amides is 1. The Morgan fingerprint density at radius 1 is 1.33 bits per heavy atom. The Bertz CT molecular complexity index is 569. The molecule has 0 unspecified atom stereocenters. The van der Waals surface area contributed by atoms with E-state index in [1.54, 1.807) is 19.5 Å². The standard InChI is InChI=1S/C15H20N4O2/c1-3-9-18(15(20)12-19-16-7-8-17-19)11-13-5-4-6-14(10-13)21-2/h4-8,10H,3,9,11-12H2,1-2H3. The molecule has 0 atom stereocenters. The van der Waals surface area contributed by atoms with Crippen molar-refractivity contribution < 1.29 is 9.53 Å². The first-order valence-corrected chi connectivity index (χ1v) is 6.97. The average molecular weight is 288 g/mol. The zero-order valence-corrected chi connectivity index (χ0v) is 12.4. The highest BCUT2D eigenvalue weighted by atomic mass is 16.5. The van der Waals surface area contributed by atoms with Gasteiger partial charge in [-0.1, -0.05) is 19.1 Å². The van der Waals surface area contributed by atoms with Crippen LogP contribution in [0.1, 0.15) is 18.9 Å². The van der Waals surface area contributed by atoms with E-state index in [-0.39, 0.29) is 12.5 Å². The van der Waals surface area contributed by atoms with Crippen LogP contribution in [0.2, 0.25) is 0 Å². The van der Waals surface area contributed by atoms with E-state index in [9.17, 15) is 4.79 Å². The second kappa shape index (κ2) is 7.42. The molecule has 21 heavy (non-hydrogen) atoms. The van der Waals surface area contributed by atoms with E-state index >= 15 is 0 Å². The maximum atomic E-state index is 12.4. The molecule has 112 valence electrons. The maximum absolute atomic E-state index is 12.4. The molecule has 0 aliphatic carbocycles. The summed E-state index contributed by atoms with van der Waals surface area (Å²) in [5.41, 5.74) is 1.05. The van der Waals surface area contributed by atoms with Crippen molar-refractivity contribution in [3.8, 4) is 5.75 Å². The average Bonchev–Trinajstić information content (AvgIpc) is 3.00. The Morgan fingerprint density at radius 3 is 2.76 bits per heavy atom. The Kier molecular flexibility index (Phi) is 5.31. The van der Waals surface area contributed by atoms with Crippen molar-refractivity contribution in [3.05, 3.63) is 42.2 Å². The van der Waals surface area contributed by atoms with Gasteiger partial charge in [-0.3, -0.25) is 4.79 Å². The molecule has 0 aliphatic rings. The highest BCUT2D eigenvalue weighted by Gasteiger charge is 2.14. The molecule has 6 nitrogen and oxygen atoms in total.